The molecule has 23 heteroatoms. The Morgan fingerprint density at radius 1 is 0.717 bits per heavy atom. The number of hydrogen-bond donors (Lipinski definition) is 7. The Morgan fingerprint density at radius 2 is 1.32 bits per heavy atom. The molecule has 1 aromatic heterocycles. The molecular weight excluding hydrogens is 845 g/mol. The van der Waals surface area contributed by atoms with Crippen molar-refractivity contribution in [2.75, 3.05) is 29.1 Å². The van der Waals surface area contributed by atoms with Crippen molar-refractivity contribution < 1.29 is 53.5 Å². The quantitative estimate of drug-likeness (QED) is 0.0238. The maximum atomic E-state index is 12.5. The third-order valence-electron chi connectivity index (χ3n) is 9.07. The number of fused-ring (bicyclic) bond motifs is 2. The lowest BCUT2D eigenvalue weighted by Crippen LogP contribution is -2.27. The molecule has 6 rings (SSSR count). The van der Waals surface area contributed by atoms with Crippen LogP contribution in [0.3, 0.4) is 0 Å². The van der Waals surface area contributed by atoms with Crippen LogP contribution in [0.5, 0.6) is 5.75 Å². The van der Waals surface area contributed by atoms with E-state index in [2.05, 4.69) is 41.1 Å². The molecule has 5 aromatic carbocycles. The van der Waals surface area contributed by atoms with E-state index in [9.17, 15) is 48.8 Å². The third-order valence-corrected chi connectivity index (χ3v) is 11.7. The van der Waals surface area contributed by atoms with Crippen LogP contribution >= 0.6 is 0 Å². The zero-order valence-corrected chi connectivity index (χ0v) is 34.2. The Kier molecular flexibility index (Phi) is 12.0. The summed E-state index contributed by atoms with van der Waals surface area (Å²) in [6, 6.07) is 18.8. The molecule has 20 nitrogen and oxygen atoms in total. The zero-order chi connectivity index (χ0) is 43.6. The van der Waals surface area contributed by atoms with E-state index in [1.54, 1.807) is 38.1 Å². The van der Waals surface area contributed by atoms with Crippen LogP contribution in [0.4, 0.5) is 40.6 Å². The number of carbonyl (C=O) groups excluding carboxylic acids is 1. The summed E-state index contributed by atoms with van der Waals surface area (Å²) in [5.41, 5.74) is -1.13. The molecule has 0 aliphatic rings. The van der Waals surface area contributed by atoms with Crippen LogP contribution in [0, 0.1) is 5.41 Å². The van der Waals surface area contributed by atoms with E-state index < -0.39 is 57.3 Å². The van der Waals surface area contributed by atoms with Crippen LogP contribution in [-0.4, -0.2) is 78.1 Å². The topological polar surface area (TPSA) is 309 Å². The monoisotopic (exact) mass is 880 g/mol. The molecule has 0 radical (unpaired) electrons. The molecule has 1 heterocycles. The molecule has 60 heavy (non-hydrogen) atoms. The number of ether oxygens (including phenoxy) is 1. The SMILES string of the molecule is CCC(C)(C)C(=O)OCCNc1nc(Nc2ccc(S(=O)(=O)O)cc2)nc(Nc2cc(S(=O)(=O)O)cc3ccc(N=Nc4ccc5ccccc5c4S(=O)(=O)O)c(O)c23)n1. The van der Waals surface area contributed by atoms with Crippen LogP contribution in [0.2, 0.25) is 0 Å². The number of azo groups is 1. The predicted octanol–water partition coefficient (Wildman–Crippen LogP) is 6.92. The lowest BCUT2D eigenvalue weighted by Gasteiger charge is -2.20. The van der Waals surface area contributed by atoms with Gasteiger partial charge >= 0.3 is 5.97 Å². The predicted molar refractivity (Wildman–Crippen MR) is 220 cm³/mol. The summed E-state index contributed by atoms with van der Waals surface area (Å²) in [7, 11) is -14.2. The van der Waals surface area contributed by atoms with Gasteiger partial charge in [0, 0.05) is 16.5 Å². The van der Waals surface area contributed by atoms with Gasteiger partial charge in [0.1, 0.15) is 22.9 Å². The van der Waals surface area contributed by atoms with Crippen molar-refractivity contribution in [2.24, 2.45) is 15.6 Å². The fraction of sp³-hybridized carbons (Fsp3) is 0.189. The Morgan fingerprint density at radius 3 is 1.97 bits per heavy atom. The molecule has 0 saturated heterocycles. The minimum Gasteiger partial charge on any atom is -0.505 e. The van der Waals surface area contributed by atoms with E-state index in [1.807, 2.05) is 6.92 Å². The summed E-state index contributed by atoms with van der Waals surface area (Å²) in [6.45, 7) is 5.25. The fourth-order valence-electron chi connectivity index (χ4n) is 5.60. The van der Waals surface area contributed by atoms with Crippen molar-refractivity contribution in [2.45, 2.75) is 41.9 Å². The number of carbonyl (C=O) groups is 1. The highest BCUT2D eigenvalue weighted by molar-refractivity contribution is 7.86. The van der Waals surface area contributed by atoms with Crippen LogP contribution in [0.15, 0.2) is 110 Å². The van der Waals surface area contributed by atoms with Gasteiger partial charge in [0.05, 0.1) is 27.4 Å². The second kappa shape index (κ2) is 16.7. The summed E-state index contributed by atoms with van der Waals surface area (Å²) in [6.07, 6.45) is 0.537. The number of phenolic OH excluding ortho intramolecular Hbond substituents is 1. The highest BCUT2D eigenvalue weighted by Crippen LogP contribution is 2.42. The van der Waals surface area contributed by atoms with Gasteiger partial charge in [-0.15, -0.1) is 10.2 Å². The number of hydrogen-bond acceptors (Lipinski definition) is 17. The molecule has 0 fully saturated rings. The molecule has 0 bridgehead atoms. The van der Waals surface area contributed by atoms with Gasteiger partial charge in [-0.25, -0.2) is 0 Å². The maximum Gasteiger partial charge on any atom is 0.311 e. The first kappa shape index (κ1) is 43.2. The minimum absolute atomic E-state index is 0.0182. The number of phenols is 1. The molecule has 0 amide bonds. The van der Waals surface area contributed by atoms with E-state index in [1.165, 1.54) is 36.4 Å². The summed E-state index contributed by atoms with van der Waals surface area (Å²) in [5, 5.41) is 28.9. The molecule has 0 aliphatic heterocycles. The zero-order valence-electron chi connectivity index (χ0n) is 31.7. The molecule has 0 saturated carbocycles. The molecule has 0 aliphatic carbocycles. The molecule has 0 atom stereocenters. The Balaban J connectivity index is 1.41. The van der Waals surface area contributed by atoms with Gasteiger partial charge in [0.2, 0.25) is 17.8 Å². The molecule has 7 N–H and O–H groups in total. The van der Waals surface area contributed by atoms with Gasteiger partial charge in [0.15, 0.2) is 5.75 Å². The van der Waals surface area contributed by atoms with Gasteiger partial charge in [0.25, 0.3) is 30.4 Å². The number of anilines is 5. The molecule has 314 valence electrons. The van der Waals surface area contributed by atoms with Crippen molar-refractivity contribution >= 4 is 98.5 Å². The van der Waals surface area contributed by atoms with E-state index in [4.69, 9.17) is 4.74 Å². The number of nitrogens with zero attached hydrogens (tertiary/aromatic N) is 5. The molecule has 0 spiro atoms. The van der Waals surface area contributed by atoms with E-state index in [0.717, 1.165) is 24.3 Å². The maximum absolute atomic E-state index is 12.5. The molecule has 6 aromatic rings. The molecule has 0 unspecified atom stereocenters. The van der Waals surface area contributed by atoms with Crippen molar-refractivity contribution in [1.82, 2.24) is 15.0 Å². The number of nitrogens with one attached hydrogen (secondary N) is 3. The largest absolute Gasteiger partial charge is 0.505 e. The summed E-state index contributed by atoms with van der Waals surface area (Å²) in [4.78, 5) is 23.9. The van der Waals surface area contributed by atoms with E-state index >= 15 is 0 Å². The first-order valence-electron chi connectivity index (χ1n) is 17.6. The van der Waals surface area contributed by atoms with Crippen LogP contribution in [0.1, 0.15) is 27.2 Å². The first-order chi connectivity index (χ1) is 28.1. The number of rotatable bonds is 15. The Bertz CT molecular complexity index is 3020. The Labute approximate surface area is 343 Å². The van der Waals surface area contributed by atoms with Crippen molar-refractivity contribution in [3.05, 3.63) is 84.9 Å². The minimum atomic E-state index is -4.84. The lowest BCUT2D eigenvalue weighted by atomic mass is 9.91. The van der Waals surface area contributed by atoms with Crippen LogP contribution in [0.25, 0.3) is 21.5 Å². The summed E-state index contributed by atoms with van der Waals surface area (Å²) in [5.74, 6) is -1.55. The third kappa shape index (κ3) is 9.90. The van der Waals surface area contributed by atoms with Crippen molar-refractivity contribution in [3.8, 4) is 5.75 Å². The molecular formula is C37H36N8O12S3. The summed E-state index contributed by atoms with van der Waals surface area (Å²) >= 11 is 0. The van der Waals surface area contributed by atoms with Gasteiger partial charge < -0.3 is 25.8 Å². The van der Waals surface area contributed by atoms with Gasteiger partial charge in [-0.3, -0.25) is 18.5 Å². The van der Waals surface area contributed by atoms with E-state index in [-0.39, 0.29) is 74.8 Å². The summed E-state index contributed by atoms with van der Waals surface area (Å²) < 4.78 is 108. The van der Waals surface area contributed by atoms with Gasteiger partial charge in [-0.1, -0.05) is 43.3 Å². The van der Waals surface area contributed by atoms with Gasteiger partial charge in [-0.2, -0.15) is 40.2 Å². The van der Waals surface area contributed by atoms with E-state index in [0.29, 0.717) is 11.8 Å². The highest BCUT2D eigenvalue weighted by Gasteiger charge is 2.27. The standard InChI is InChI=1S/C37H36N8O12S3/c1-4-37(2,3)33(47)57-18-17-38-34-41-35(39-23-11-13-24(14-12-23)58(48,49)50)43-36(42-34)40-29-20-25(59(51,52)53)19-22-10-15-27(31(46)30(22)29)44-45-28-16-9-21-7-5-6-8-26(21)32(28)60(54,55)56/h5-16,19-20,46H,4,17-18H2,1-3H3,(H,48,49,50)(H,51,52,53)(H,54,55,56)(H3,38,39,40,41,42,43). The van der Waals surface area contributed by atoms with Crippen molar-refractivity contribution in [1.29, 1.82) is 0 Å². The van der Waals surface area contributed by atoms with Gasteiger partial charge in [-0.05, 0) is 79.6 Å². The lowest BCUT2D eigenvalue weighted by molar-refractivity contribution is -0.153. The Hall–Kier alpha value is -6.37. The number of aromatic hydroxyl groups is 1. The van der Waals surface area contributed by atoms with Crippen LogP contribution < -0.4 is 16.0 Å². The second-order valence-corrected chi connectivity index (χ2v) is 17.8. The first-order valence-corrected chi connectivity index (χ1v) is 21.9. The fourth-order valence-corrected chi connectivity index (χ4v) is 7.46. The number of esters is 1. The van der Waals surface area contributed by atoms with Crippen LogP contribution in [-0.2, 0) is 39.9 Å². The highest BCUT2D eigenvalue weighted by atomic mass is 32.2. The second-order valence-electron chi connectivity index (χ2n) is 13.6. The smallest absolute Gasteiger partial charge is 0.311 e. The number of aromatic nitrogens is 3. The normalized spacial score (nSPS) is 12.5. The number of benzene rings is 5. The van der Waals surface area contributed by atoms with Crippen molar-refractivity contribution in [3.63, 3.8) is 0 Å². The average molecular weight is 881 g/mol. The average Bonchev–Trinajstić information content (AvgIpc) is 3.17.